The molecule has 2 heterocycles. The summed E-state index contributed by atoms with van der Waals surface area (Å²) in [7, 11) is -3.92. The van der Waals surface area contributed by atoms with Gasteiger partial charge in [-0.05, 0) is 68.5 Å². The summed E-state index contributed by atoms with van der Waals surface area (Å²) in [5, 5.41) is 0.787. The van der Waals surface area contributed by atoms with Crippen molar-refractivity contribution < 1.29 is 17.9 Å². The van der Waals surface area contributed by atoms with Gasteiger partial charge >= 0.3 is 0 Å². The number of hydrogen-bond donors (Lipinski definition) is 0. The molecule has 2 saturated heterocycles. The topological polar surface area (TPSA) is 66.9 Å². The zero-order chi connectivity index (χ0) is 25.1. The number of piperidine rings is 2. The molecule has 0 radical (unpaired) electrons. The van der Waals surface area contributed by atoms with Crippen molar-refractivity contribution in [1.82, 2.24) is 9.21 Å². The Hall–Kier alpha value is -1.51. The van der Waals surface area contributed by atoms with Crippen molar-refractivity contribution in [3.63, 3.8) is 0 Å². The first-order valence-corrected chi connectivity index (χ1v) is 14.4. The Morgan fingerprint density at radius 3 is 2.37 bits per heavy atom. The van der Waals surface area contributed by atoms with Crippen LogP contribution in [0.2, 0.25) is 15.1 Å². The van der Waals surface area contributed by atoms with Gasteiger partial charge in [0.05, 0.1) is 16.7 Å². The second-order valence-corrected chi connectivity index (χ2v) is 12.5. The minimum Gasteiger partial charge on any atom is -0.493 e. The summed E-state index contributed by atoms with van der Waals surface area (Å²) >= 11 is 18.4. The number of hydrogen-bond acceptors (Lipinski definition) is 4. The maximum absolute atomic E-state index is 13.6. The number of likely N-dealkylation sites (tertiary alicyclic amines) is 1. The highest BCUT2D eigenvalue weighted by Crippen LogP contribution is 2.39. The molecule has 190 valence electrons. The molecule has 0 aliphatic carbocycles. The van der Waals surface area contributed by atoms with Crippen LogP contribution in [0.5, 0.6) is 5.75 Å². The number of nitrogens with zero attached hydrogens (tertiary/aromatic N) is 2. The largest absolute Gasteiger partial charge is 0.493 e. The zero-order valence-electron chi connectivity index (χ0n) is 19.4. The van der Waals surface area contributed by atoms with Crippen LogP contribution in [0.15, 0.2) is 47.4 Å². The molecule has 0 N–H and O–H groups in total. The molecule has 2 aliphatic rings. The Kier molecular flexibility index (Phi) is 8.54. The van der Waals surface area contributed by atoms with E-state index in [1.807, 2.05) is 4.90 Å². The molecule has 6 nitrogen and oxygen atoms in total. The van der Waals surface area contributed by atoms with Gasteiger partial charge in [0.1, 0.15) is 10.6 Å². The van der Waals surface area contributed by atoms with Crippen LogP contribution >= 0.6 is 34.8 Å². The first-order chi connectivity index (χ1) is 16.7. The van der Waals surface area contributed by atoms with Crippen molar-refractivity contribution in [2.24, 2.45) is 5.41 Å². The highest BCUT2D eigenvalue weighted by atomic mass is 35.5. The minimum absolute atomic E-state index is 0.00662. The lowest BCUT2D eigenvalue weighted by Gasteiger charge is -2.42. The van der Waals surface area contributed by atoms with Crippen LogP contribution in [-0.2, 0) is 14.8 Å². The van der Waals surface area contributed by atoms with E-state index >= 15 is 0 Å². The average molecular weight is 560 g/mol. The van der Waals surface area contributed by atoms with Gasteiger partial charge in [0, 0.05) is 43.0 Å². The Balaban J connectivity index is 1.60. The first-order valence-electron chi connectivity index (χ1n) is 11.8. The maximum atomic E-state index is 13.6. The second-order valence-electron chi connectivity index (χ2n) is 9.35. The summed E-state index contributed by atoms with van der Waals surface area (Å²) in [4.78, 5) is 15.2. The van der Waals surface area contributed by atoms with E-state index in [1.165, 1.54) is 10.4 Å². The molecule has 0 bridgehead atoms. The monoisotopic (exact) mass is 558 g/mol. The third-order valence-electron chi connectivity index (χ3n) is 6.75. The molecule has 2 aromatic carbocycles. The fraction of sp³-hybridized carbons (Fsp3) is 0.480. The van der Waals surface area contributed by atoms with Crippen LogP contribution in [0.25, 0.3) is 0 Å². The number of ether oxygens (including phenoxy) is 1. The summed E-state index contributed by atoms with van der Waals surface area (Å²) in [6.45, 7) is 2.20. The molecule has 0 aromatic heterocycles. The molecule has 10 heteroatoms. The Bertz CT molecular complexity index is 1150. The van der Waals surface area contributed by atoms with Crippen molar-refractivity contribution in [1.29, 1.82) is 0 Å². The molecule has 1 amide bonds. The quantitative estimate of drug-likeness (QED) is 0.424. The van der Waals surface area contributed by atoms with Crippen molar-refractivity contribution in [3.8, 4) is 5.75 Å². The van der Waals surface area contributed by atoms with E-state index in [2.05, 4.69) is 0 Å². The van der Waals surface area contributed by atoms with E-state index < -0.39 is 15.4 Å². The molecule has 0 spiro atoms. The molecule has 35 heavy (non-hydrogen) atoms. The van der Waals surface area contributed by atoms with Gasteiger partial charge in [-0.25, -0.2) is 8.42 Å². The summed E-state index contributed by atoms with van der Waals surface area (Å²) in [5.41, 5.74) is -0.676. The predicted molar refractivity (Wildman–Crippen MR) is 139 cm³/mol. The molecule has 2 aromatic rings. The third-order valence-corrected chi connectivity index (χ3v) is 9.82. The van der Waals surface area contributed by atoms with Crippen LogP contribution < -0.4 is 4.74 Å². The Morgan fingerprint density at radius 1 is 0.943 bits per heavy atom. The highest BCUT2D eigenvalue weighted by molar-refractivity contribution is 7.89. The number of amides is 1. The van der Waals surface area contributed by atoms with Gasteiger partial charge in [-0.2, -0.15) is 4.31 Å². The molecular weight excluding hydrogens is 531 g/mol. The Morgan fingerprint density at radius 2 is 1.66 bits per heavy atom. The molecule has 1 atom stereocenters. The van der Waals surface area contributed by atoms with E-state index in [0.717, 1.165) is 32.4 Å². The maximum Gasteiger partial charge on any atom is 0.244 e. The fourth-order valence-electron chi connectivity index (χ4n) is 4.85. The lowest BCUT2D eigenvalue weighted by atomic mass is 9.78. The number of sulfonamides is 1. The SMILES string of the molecule is O=C(CC1(COc2ccc(Cl)cc2)CCCN(S(=O)(=O)c2cccc(Cl)c2Cl)C1)N1CCCCC1. The lowest BCUT2D eigenvalue weighted by molar-refractivity contribution is -0.136. The lowest BCUT2D eigenvalue weighted by Crippen LogP contribution is -2.51. The van der Waals surface area contributed by atoms with Crippen LogP contribution in [-0.4, -0.2) is 56.3 Å². The number of carbonyl (C=O) groups is 1. The highest BCUT2D eigenvalue weighted by Gasteiger charge is 2.43. The van der Waals surface area contributed by atoms with E-state index in [4.69, 9.17) is 39.5 Å². The second kappa shape index (κ2) is 11.3. The first kappa shape index (κ1) is 26.6. The summed E-state index contributed by atoms with van der Waals surface area (Å²) in [6.07, 6.45) is 4.61. The number of rotatable bonds is 7. The van der Waals surface area contributed by atoms with Crippen LogP contribution in [0.3, 0.4) is 0 Å². The Labute approximate surface area is 222 Å². The van der Waals surface area contributed by atoms with Crippen molar-refractivity contribution in [3.05, 3.63) is 57.5 Å². The fourth-order valence-corrected chi connectivity index (χ4v) is 7.30. The van der Waals surface area contributed by atoms with Crippen LogP contribution in [0.1, 0.15) is 38.5 Å². The standard InChI is InChI=1S/C25H29Cl3N2O4S/c26-19-8-10-20(11-9-19)34-18-25(16-23(31)29-13-2-1-3-14-29)12-5-15-30(17-25)35(32,33)22-7-4-6-21(27)24(22)28/h4,6-11H,1-3,5,12-18H2. The predicted octanol–water partition coefficient (Wildman–Crippen LogP) is 5.90. The van der Waals surface area contributed by atoms with Gasteiger partial charge in [-0.15, -0.1) is 0 Å². The molecule has 2 aliphatic heterocycles. The van der Waals surface area contributed by atoms with Crippen molar-refractivity contribution in [2.75, 3.05) is 32.8 Å². The van der Waals surface area contributed by atoms with Gasteiger partial charge in [-0.3, -0.25) is 4.79 Å². The summed E-state index contributed by atoms with van der Waals surface area (Å²) < 4.78 is 34.7. The molecule has 1 unspecified atom stereocenters. The van der Waals surface area contributed by atoms with E-state index in [9.17, 15) is 13.2 Å². The van der Waals surface area contributed by atoms with Crippen molar-refractivity contribution >= 4 is 50.7 Å². The van der Waals surface area contributed by atoms with Gasteiger partial charge < -0.3 is 9.64 Å². The van der Waals surface area contributed by atoms with E-state index in [1.54, 1.807) is 36.4 Å². The molecule has 2 fully saturated rings. The van der Waals surface area contributed by atoms with Crippen LogP contribution in [0.4, 0.5) is 0 Å². The van der Waals surface area contributed by atoms with Gasteiger partial charge in [0.2, 0.25) is 15.9 Å². The smallest absolute Gasteiger partial charge is 0.244 e. The number of benzene rings is 2. The number of carbonyl (C=O) groups excluding carboxylic acids is 1. The molecule has 0 saturated carbocycles. The normalized spacial score (nSPS) is 21.6. The molecule has 4 rings (SSSR count). The minimum atomic E-state index is -3.92. The summed E-state index contributed by atoms with van der Waals surface area (Å²) in [5.74, 6) is 0.668. The van der Waals surface area contributed by atoms with Crippen LogP contribution in [0, 0.1) is 5.41 Å². The molecular formula is C25H29Cl3N2O4S. The van der Waals surface area contributed by atoms with Gasteiger partial charge in [0.25, 0.3) is 0 Å². The zero-order valence-corrected chi connectivity index (χ0v) is 22.5. The number of halogens is 3. The van der Waals surface area contributed by atoms with Gasteiger partial charge in [-0.1, -0.05) is 40.9 Å². The summed E-state index contributed by atoms with van der Waals surface area (Å²) in [6, 6.07) is 11.6. The van der Waals surface area contributed by atoms with Gasteiger partial charge in [0.15, 0.2) is 0 Å². The average Bonchev–Trinajstić information content (AvgIpc) is 2.86. The third kappa shape index (κ3) is 6.25. The van der Waals surface area contributed by atoms with E-state index in [-0.39, 0.29) is 40.4 Å². The van der Waals surface area contributed by atoms with E-state index in [0.29, 0.717) is 30.2 Å². The van der Waals surface area contributed by atoms with Crippen molar-refractivity contribution in [2.45, 2.75) is 43.4 Å².